The van der Waals surface area contributed by atoms with E-state index in [1.165, 1.54) is 12.7 Å². The monoisotopic (exact) mass is 247 g/mol. The molecule has 1 aromatic rings. The summed E-state index contributed by atoms with van der Waals surface area (Å²) >= 11 is 0. The molecule has 0 radical (unpaired) electrons. The summed E-state index contributed by atoms with van der Waals surface area (Å²) in [5.41, 5.74) is 1.64. The van der Waals surface area contributed by atoms with Crippen molar-refractivity contribution in [2.45, 2.75) is 38.6 Å². The van der Waals surface area contributed by atoms with Gasteiger partial charge in [0.05, 0.1) is 7.11 Å². The summed E-state index contributed by atoms with van der Waals surface area (Å²) in [5.74, 6) is 0.412. The van der Waals surface area contributed by atoms with E-state index in [1.807, 2.05) is 25.1 Å². The predicted octanol–water partition coefficient (Wildman–Crippen LogP) is 3.14. The Balaban J connectivity index is 2.23. The summed E-state index contributed by atoms with van der Waals surface area (Å²) in [6, 6.07) is 8.11. The molecule has 0 spiro atoms. The van der Waals surface area contributed by atoms with Gasteiger partial charge in [-0.2, -0.15) is 0 Å². The van der Waals surface area contributed by atoms with Crippen molar-refractivity contribution in [3.8, 4) is 0 Å². The molecule has 0 saturated heterocycles. The molecule has 1 aliphatic carbocycles. The maximum absolute atomic E-state index is 12.1. The lowest BCUT2D eigenvalue weighted by molar-refractivity contribution is -0.145. The molecule has 0 heterocycles. The highest BCUT2D eigenvalue weighted by molar-refractivity contribution is 5.85. The number of carbonyl (C=O) groups excluding carboxylic acids is 1. The lowest BCUT2D eigenvalue weighted by Gasteiger charge is -2.29. The van der Waals surface area contributed by atoms with Crippen molar-refractivity contribution in [2.24, 2.45) is 5.92 Å². The van der Waals surface area contributed by atoms with Crippen molar-refractivity contribution in [2.75, 3.05) is 12.4 Å². The summed E-state index contributed by atoms with van der Waals surface area (Å²) in [6.45, 7) is 4.23. The molecule has 0 bridgehead atoms. The lowest BCUT2D eigenvalue weighted by atomic mass is 9.95. The molecule has 1 saturated carbocycles. The van der Waals surface area contributed by atoms with Gasteiger partial charge < -0.3 is 10.1 Å². The van der Waals surface area contributed by atoms with Crippen LogP contribution in [0.3, 0.4) is 0 Å². The highest BCUT2D eigenvalue weighted by Gasteiger charge is 2.45. The van der Waals surface area contributed by atoms with Gasteiger partial charge in [0.1, 0.15) is 5.54 Å². The first kappa shape index (κ1) is 12.9. The van der Waals surface area contributed by atoms with Gasteiger partial charge in [-0.1, -0.05) is 19.1 Å². The van der Waals surface area contributed by atoms with Gasteiger partial charge in [0.15, 0.2) is 0 Å². The smallest absolute Gasteiger partial charge is 0.331 e. The van der Waals surface area contributed by atoms with Gasteiger partial charge in [-0.05, 0) is 49.8 Å². The number of esters is 1. The first-order valence-electron chi connectivity index (χ1n) is 6.49. The Morgan fingerprint density at radius 3 is 2.83 bits per heavy atom. The number of hydrogen-bond acceptors (Lipinski definition) is 3. The molecule has 1 fully saturated rings. The van der Waals surface area contributed by atoms with E-state index in [4.69, 9.17) is 4.74 Å². The molecule has 1 N–H and O–H groups in total. The van der Waals surface area contributed by atoms with Crippen LogP contribution in [-0.4, -0.2) is 18.6 Å². The third kappa shape index (κ3) is 2.50. The van der Waals surface area contributed by atoms with Gasteiger partial charge >= 0.3 is 5.97 Å². The van der Waals surface area contributed by atoms with Crippen LogP contribution in [0.15, 0.2) is 24.3 Å². The summed E-state index contributed by atoms with van der Waals surface area (Å²) in [4.78, 5) is 12.1. The molecule has 2 rings (SSSR count). The normalized spacial score (nSPS) is 26.9. The number of hydrogen-bond donors (Lipinski definition) is 1. The van der Waals surface area contributed by atoms with Crippen molar-refractivity contribution in [1.29, 1.82) is 0 Å². The van der Waals surface area contributed by atoms with Crippen LogP contribution in [0.4, 0.5) is 5.69 Å². The van der Waals surface area contributed by atoms with Crippen molar-refractivity contribution in [1.82, 2.24) is 0 Å². The zero-order valence-corrected chi connectivity index (χ0v) is 11.3. The first-order chi connectivity index (χ1) is 8.55. The topological polar surface area (TPSA) is 38.3 Å². The molecule has 3 nitrogen and oxygen atoms in total. The fourth-order valence-corrected chi connectivity index (χ4v) is 2.84. The Hall–Kier alpha value is -1.51. The zero-order valence-electron chi connectivity index (χ0n) is 11.3. The van der Waals surface area contributed by atoms with E-state index in [0.29, 0.717) is 5.92 Å². The fourth-order valence-electron chi connectivity index (χ4n) is 2.84. The second kappa shape index (κ2) is 5.01. The number of ether oxygens (including phenoxy) is 1. The van der Waals surface area contributed by atoms with E-state index in [0.717, 1.165) is 24.9 Å². The summed E-state index contributed by atoms with van der Waals surface area (Å²) in [6.07, 6.45) is 2.75. The Morgan fingerprint density at radius 2 is 2.28 bits per heavy atom. The van der Waals surface area contributed by atoms with Crippen molar-refractivity contribution >= 4 is 11.7 Å². The van der Waals surface area contributed by atoms with E-state index in [1.54, 1.807) is 0 Å². The summed E-state index contributed by atoms with van der Waals surface area (Å²) < 4.78 is 4.99. The number of carbonyl (C=O) groups is 1. The van der Waals surface area contributed by atoms with E-state index in [2.05, 4.69) is 18.3 Å². The van der Waals surface area contributed by atoms with E-state index < -0.39 is 5.54 Å². The molecule has 0 aliphatic heterocycles. The van der Waals surface area contributed by atoms with Crippen molar-refractivity contribution < 1.29 is 9.53 Å². The molecular weight excluding hydrogens is 226 g/mol. The van der Waals surface area contributed by atoms with Crippen molar-refractivity contribution in [3.63, 3.8) is 0 Å². The van der Waals surface area contributed by atoms with Crippen LogP contribution in [0.5, 0.6) is 0 Å². The van der Waals surface area contributed by atoms with E-state index >= 15 is 0 Å². The minimum Gasteiger partial charge on any atom is -0.467 e. The average molecular weight is 247 g/mol. The van der Waals surface area contributed by atoms with Gasteiger partial charge in [0.25, 0.3) is 0 Å². The van der Waals surface area contributed by atoms with Crippen LogP contribution in [0.25, 0.3) is 0 Å². The third-order valence-corrected chi connectivity index (χ3v) is 3.74. The standard InChI is InChI=1S/C15H21NO2/c1-11-5-4-6-13(9-11)16-15(14(17)18-3)8-7-12(2)10-15/h4-6,9,12,16H,7-8,10H2,1-3H3. The molecule has 18 heavy (non-hydrogen) atoms. The second-order valence-electron chi connectivity index (χ2n) is 5.42. The van der Waals surface area contributed by atoms with Gasteiger partial charge in [0, 0.05) is 5.69 Å². The third-order valence-electron chi connectivity index (χ3n) is 3.74. The molecule has 2 atom stereocenters. The second-order valence-corrected chi connectivity index (χ2v) is 5.42. The van der Waals surface area contributed by atoms with Crippen LogP contribution in [0.1, 0.15) is 31.7 Å². The molecule has 98 valence electrons. The summed E-state index contributed by atoms with van der Waals surface area (Å²) in [7, 11) is 1.46. The maximum Gasteiger partial charge on any atom is 0.331 e. The molecule has 2 unspecified atom stereocenters. The maximum atomic E-state index is 12.1. The minimum absolute atomic E-state index is 0.145. The average Bonchev–Trinajstić information content (AvgIpc) is 2.71. The Kier molecular flexibility index (Phi) is 3.60. The minimum atomic E-state index is -0.540. The molecule has 1 aromatic carbocycles. The molecule has 0 aromatic heterocycles. The van der Waals surface area contributed by atoms with Gasteiger partial charge in [-0.15, -0.1) is 0 Å². The fraction of sp³-hybridized carbons (Fsp3) is 0.533. The van der Waals surface area contributed by atoms with Gasteiger partial charge in [-0.25, -0.2) is 4.79 Å². The number of benzene rings is 1. The number of anilines is 1. The Labute approximate surface area is 109 Å². The molecule has 3 heteroatoms. The predicted molar refractivity (Wildman–Crippen MR) is 72.6 cm³/mol. The number of nitrogens with one attached hydrogen (secondary N) is 1. The van der Waals surface area contributed by atoms with E-state index in [9.17, 15) is 4.79 Å². The van der Waals surface area contributed by atoms with Gasteiger partial charge in [-0.3, -0.25) is 0 Å². The summed E-state index contributed by atoms with van der Waals surface area (Å²) in [5, 5.41) is 3.40. The highest BCUT2D eigenvalue weighted by atomic mass is 16.5. The Bertz CT molecular complexity index is 444. The number of rotatable bonds is 3. The van der Waals surface area contributed by atoms with E-state index in [-0.39, 0.29) is 5.97 Å². The van der Waals surface area contributed by atoms with Crippen LogP contribution in [-0.2, 0) is 9.53 Å². The molecule has 0 amide bonds. The Morgan fingerprint density at radius 1 is 1.50 bits per heavy atom. The largest absolute Gasteiger partial charge is 0.467 e. The van der Waals surface area contributed by atoms with Crippen LogP contribution in [0.2, 0.25) is 0 Å². The van der Waals surface area contributed by atoms with Crippen molar-refractivity contribution in [3.05, 3.63) is 29.8 Å². The van der Waals surface area contributed by atoms with Crippen LogP contribution in [0, 0.1) is 12.8 Å². The first-order valence-corrected chi connectivity index (χ1v) is 6.49. The highest BCUT2D eigenvalue weighted by Crippen LogP contribution is 2.38. The lowest BCUT2D eigenvalue weighted by Crippen LogP contribution is -2.45. The van der Waals surface area contributed by atoms with Crippen LogP contribution >= 0.6 is 0 Å². The quantitative estimate of drug-likeness (QED) is 0.834. The molecular formula is C15H21NO2. The van der Waals surface area contributed by atoms with Gasteiger partial charge in [0.2, 0.25) is 0 Å². The number of methoxy groups -OCH3 is 1. The number of aryl methyl sites for hydroxylation is 1. The zero-order chi connectivity index (χ0) is 13.2. The van der Waals surface area contributed by atoms with Crippen LogP contribution < -0.4 is 5.32 Å². The molecule has 1 aliphatic rings. The SMILES string of the molecule is COC(=O)C1(Nc2cccc(C)c2)CCC(C)C1.